The van der Waals surface area contributed by atoms with E-state index in [0.717, 1.165) is 24.4 Å². The molecule has 2 nitrogen and oxygen atoms in total. The Morgan fingerprint density at radius 1 is 1.28 bits per heavy atom. The second kappa shape index (κ2) is 6.19. The Morgan fingerprint density at radius 3 is 2.61 bits per heavy atom. The molecule has 1 aromatic heterocycles. The third kappa shape index (κ3) is 3.35. The fourth-order valence-electron chi connectivity index (χ4n) is 1.66. The molecule has 1 N–H and O–H groups in total. The molecule has 0 saturated carbocycles. The van der Waals surface area contributed by atoms with Gasteiger partial charge in [-0.05, 0) is 61.7 Å². The molecule has 2 rings (SSSR count). The Balaban J connectivity index is 2.13. The highest BCUT2D eigenvalue weighted by molar-refractivity contribution is 9.11. The zero-order valence-electron chi connectivity index (χ0n) is 9.69. The van der Waals surface area contributed by atoms with Crippen LogP contribution >= 0.6 is 43.2 Å². The van der Waals surface area contributed by atoms with Gasteiger partial charge < -0.3 is 9.84 Å². The van der Waals surface area contributed by atoms with Crippen molar-refractivity contribution in [1.82, 2.24) is 0 Å². The lowest BCUT2D eigenvalue weighted by Gasteiger charge is -2.11. The van der Waals surface area contributed by atoms with Gasteiger partial charge in [0, 0.05) is 11.3 Å². The van der Waals surface area contributed by atoms with E-state index in [1.807, 2.05) is 30.3 Å². The van der Waals surface area contributed by atoms with E-state index < -0.39 is 6.10 Å². The average molecular weight is 392 g/mol. The number of hydrogen-bond acceptors (Lipinski definition) is 3. The molecule has 0 aliphatic rings. The lowest BCUT2D eigenvalue weighted by atomic mass is 10.1. The highest BCUT2D eigenvalue weighted by Crippen LogP contribution is 2.31. The van der Waals surface area contributed by atoms with Crippen molar-refractivity contribution in [2.45, 2.75) is 12.5 Å². The van der Waals surface area contributed by atoms with E-state index in [4.69, 9.17) is 4.74 Å². The van der Waals surface area contributed by atoms with Crippen molar-refractivity contribution >= 4 is 43.2 Å². The summed E-state index contributed by atoms with van der Waals surface area (Å²) in [5.41, 5.74) is 0.882. The first-order chi connectivity index (χ1) is 8.60. The number of aliphatic hydroxyl groups is 1. The van der Waals surface area contributed by atoms with Gasteiger partial charge in [0.05, 0.1) is 21.5 Å². The van der Waals surface area contributed by atoms with Crippen LogP contribution in [0, 0.1) is 0 Å². The third-order valence-corrected chi connectivity index (χ3v) is 4.85. The monoisotopic (exact) mass is 390 g/mol. The highest BCUT2D eigenvalue weighted by atomic mass is 79.9. The molecule has 96 valence electrons. The predicted octanol–water partition coefficient (Wildman–Crippen LogP) is 4.56. The molecule has 1 aromatic carbocycles. The molecule has 0 radical (unpaired) electrons. The van der Waals surface area contributed by atoms with Gasteiger partial charge in [-0.25, -0.2) is 0 Å². The van der Waals surface area contributed by atoms with Crippen LogP contribution in [0.4, 0.5) is 0 Å². The molecule has 0 bridgehead atoms. The van der Waals surface area contributed by atoms with Crippen molar-refractivity contribution in [3.05, 3.63) is 49.0 Å². The maximum absolute atomic E-state index is 10.2. The van der Waals surface area contributed by atoms with E-state index in [1.165, 1.54) is 0 Å². The summed E-state index contributed by atoms with van der Waals surface area (Å²) in [4.78, 5) is 1.15. The number of benzene rings is 1. The summed E-state index contributed by atoms with van der Waals surface area (Å²) >= 11 is 8.49. The zero-order valence-corrected chi connectivity index (χ0v) is 13.7. The Labute approximate surface area is 127 Å². The van der Waals surface area contributed by atoms with Gasteiger partial charge in [-0.15, -0.1) is 11.3 Å². The topological polar surface area (TPSA) is 29.5 Å². The molecule has 0 aliphatic heterocycles. The minimum Gasteiger partial charge on any atom is -0.496 e. The van der Waals surface area contributed by atoms with E-state index in [2.05, 4.69) is 31.9 Å². The van der Waals surface area contributed by atoms with Crippen molar-refractivity contribution in [3.63, 3.8) is 0 Å². The van der Waals surface area contributed by atoms with E-state index >= 15 is 0 Å². The second-order valence-corrected chi connectivity index (χ2v) is 7.22. The molecule has 5 heteroatoms. The van der Waals surface area contributed by atoms with Crippen LogP contribution in [0.15, 0.2) is 38.6 Å². The van der Waals surface area contributed by atoms with Gasteiger partial charge in [0.2, 0.25) is 0 Å². The van der Waals surface area contributed by atoms with Crippen LogP contribution in [0.25, 0.3) is 0 Å². The number of methoxy groups -OCH3 is 1. The Hall–Kier alpha value is -0.360. The van der Waals surface area contributed by atoms with Gasteiger partial charge in [-0.1, -0.05) is 6.07 Å². The van der Waals surface area contributed by atoms with E-state index in [0.29, 0.717) is 6.42 Å². The van der Waals surface area contributed by atoms with Crippen LogP contribution in [0.3, 0.4) is 0 Å². The van der Waals surface area contributed by atoms with Crippen molar-refractivity contribution in [2.75, 3.05) is 7.11 Å². The molecular weight excluding hydrogens is 380 g/mol. The summed E-state index contributed by atoms with van der Waals surface area (Å²) in [6.07, 6.45) is 0.118. The smallest absolute Gasteiger partial charge is 0.133 e. The second-order valence-electron chi connectivity index (χ2n) is 3.82. The molecular formula is C13H12Br2O2S. The van der Waals surface area contributed by atoms with Crippen LogP contribution in [0.1, 0.15) is 16.5 Å². The van der Waals surface area contributed by atoms with Crippen molar-refractivity contribution in [1.29, 1.82) is 0 Å². The number of aliphatic hydroxyl groups excluding tert-OH is 1. The maximum Gasteiger partial charge on any atom is 0.133 e. The zero-order chi connectivity index (χ0) is 13.1. The molecule has 0 amide bonds. The first-order valence-electron chi connectivity index (χ1n) is 5.36. The Kier molecular flexibility index (Phi) is 4.84. The van der Waals surface area contributed by atoms with Gasteiger partial charge in [-0.2, -0.15) is 0 Å². The van der Waals surface area contributed by atoms with Gasteiger partial charge in [-0.3, -0.25) is 0 Å². The molecule has 1 unspecified atom stereocenters. The lowest BCUT2D eigenvalue weighted by molar-refractivity contribution is 0.179. The van der Waals surface area contributed by atoms with Crippen LogP contribution in [0.5, 0.6) is 5.75 Å². The number of halogens is 2. The van der Waals surface area contributed by atoms with E-state index in [-0.39, 0.29) is 0 Å². The number of ether oxygens (including phenoxy) is 1. The number of thiophene rings is 1. The minimum absolute atomic E-state index is 0.502. The largest absolute Gasteiger partial charge is 0.496 e. The van der Waals surface area contributed by atoms with E-state index in [1.54, 1.807) is 18.4 Å². The fraction of sp³-hybridized carbons (Fsp3) is 0.231. The fourth-order valence-corrected chi connectivity index (χ4v) is 3.74. The van der Waals surface area contributed by atoms with E-state index in [9.17, 15) is 5.11 Å². The van der Waals surface area contributed by atoms with Crippen LogP contribution < -0.4 is 4.74 Å². The summed E-state index contributed by atoms with van der Waals surface area (Å²) < 4.78 is 7.11. The van der Waals surface area contributed by atoms with Crippen LogP contribution in [-0.4, -0.2) is 12.2 Å². The standard InChI is InChI=1S/C13H12Br2O2S/c1-17-12-4-2-8(6-10(12)14)11(16)7-9-3-5-13(15)18-9/h2-6,11,16H,7H2,1H3. The predicted molar refractivity (Wildman–Crippen MR) is 81.4 cm³/mol. The van der Waals surface area contributed by atoms with Crippen molar-refractivity contribution < 1.29 is 9.84 Å². The Morgan fingerprint density at radius 2 is 2.06 bits per heavy atom. The van der Waals surface area contributed by atoms with Gasteiger partial charge in [0.15, 0.2) is 0 Å². The van der Waals surface area contributed by atoms with Gasteiger partial charge >= 0.3 is 0 Å². The molecule has 2 aromatic rings. The quantitative estimate of drug-likeness (QED) is 0.827. The SMILES string of the molecule is COc1ccc(C(O)Cc2ccc(Br)s2)cc1Br. The third-order valence-electron chi connectivity index (χ3n) is 2.58. The molecule has 1 heterocycles. The molecule has 0 spiro atoms. The summed E-state index contributed by atoms with van der Waals surface area (Å²) in [6.45, 7) is 0. The molecule has 18 heavy (non-hydrogen) atoms. The normalized spacial score (nSPS) is 12.4. The lowest BCUT2D eigenvalue weighted by Crippen LogP contribution is -2.00. The molecule has 0 aliphatic carbocycles. The minimum atomic E-state index is -0.502. The highest BCUT2D eigenvalue weighted by Gasteiger charge is 2.12. The van der Waals surface area contributed by atoms with Crippen LogP contribution in [-0.2, 0) is 6.42 Å². The maximum atomic E-state index is 10.2. The van der Waals surface area contributed by atoms with Gasteiger partial charge in [0.25, 0.3) is 0 Å². The summed E-state index contributed by atoms with van der Waals surface area (Å²) in [5, 5.41) is 10.2. The first kappa shape index (κ1) is 14.1. The molecule has 1 atom stereocenters. The van der Waals surface area contributed by atoms with Crippen molar-refractivity contribution in [2.24, 2.45) is 0 Å². The van der Waals surface area contributed by atoms with Crippen LogP contribution in [0.2, 0.25) is 0 Å². The first-order valence-corrected chi connectivity index (χ1v) is 7.76. The number of rotatable bonds is 4. The number of hydrogen-bond donors (Lipinski definition) is 1. The Bertz CT molecular complexity index is 540. The summed E-state index contributed by atoms with van der Waals surface area (Å²) in [7, 11) is 1.62. The summed E-state index contributed by atoms with van der Waals surface area (Å²) in [5.74, 6) is 0.768. The van der Waals surface area contributed by atoms with Crippen molar-refractivity contribution in [3.8, 4) is 5.75 Å². The molecule has 0 fully saturated rings. The van der Waals surface area contributed by atoms with Gasteiger partial charge in [0.1, 0.15) is 5.75 Å². The summed E-state index contributed by atoms with van der Waals surface area (Å²) in [6, 6.07) is 9.66. The average Bonchev–Trinajstić information content (AvgIpc) is 2.74. The molecule has 0 saturated heterocycles.